The SMILES string of the molecule is CCOC(=O)[C@@H]1CNC2=C(Nc3ccc(OC)cc3)CNCC2=N1. The number of hydrogen-bond donors (Lipinski definition) is 3. The van der Waals surface area contributed by atoms with Crippen molar-refractivity contribution in [1.82, 2.24) is 10.6 Å². The molecule has 2 heterocycles. The molecule has 128 valence electrons. The van der Waals surface area contributed by atoms with Gasteiger partial charge in [-0.15, -0.1) is 0 Å². The summed E-state index contributed by atoms with van der Waals surface area (Å²) in [6, 6.07) is 7.25. The van der Waals surface area contributed by atoms with E-state index in [1.807, 2.05) is 24.3 Å². The monoisotopic (exact) mass is 330 g/mol. The van der Waals surface area contributed by atoms with Crippen molar-refractivity contribution in [2.24, 2.45) is 4.99 Å². The fourth-order valence-corrected chi connectivity index (χ4v) is 2.74. The van der Waals surface area contributed by atoms with Crippen LogP contribution in [-0.4, -0.2) is 51.1 Å². The molecule has 2 aliphatic heterocycles. The molecule has 0 saturated carbocycles. The van der Waals surface area contributed by atoms with E-state index in [0.29, 0.717) is 26.2 Å². The Morgan fingerprint density at radius 1 is 1.33 bits per heavy atom. The fraction of sp³-hybridized carbons (Fsp3) is 0.412. The van der Waals surface area contributed by atoms with Crippen molar-refractivity contribution in [3.63, 3.8) is 0 Å². The molecule has 0 aromatic heterocycles. The number of esters is 1. The molecule has 1 aromatic carbocycles. The summed E-state index contributed by atoms with van der Waals surface area (Å²) in [5, 5.41) is 10.0. The van der Waals surface area contributed by atoms with Crippen LogP contribution < -0.4 is 20.7 Å². The second kappa shape index (κ2) is 7.35. The van der Waals surface area contributed by atoms with Gasteiger partial charge in [-0.1, -0.05) is 0 Å². The maximum atomic E-state index is 11.9. The Balaban J connectivity index is 1.78. The number of nitrogens with one attached hydrogen (secondary N) is 3. The first-order chi connectivity index (χ1) is 11.7. The van der Waals surface area contributed by atoms with E-state index in [9.17, 15) is 4.79 Å². The van der Waals surface area contributed by atoms with Crippen LogP contribution in [0.4, 0.5) is 5.69 Å². The van der Waals surface area contributed by atoms with Gasteiger partial charge in [-0.25, -0.2) is 4.79 Å². The normalized spacial score (nSPS) is 19.8. The second-order valence-electron chi connectivity index (χ2n) is 5.54. The number of ether oxygens (including phenoxy) is 2. The number of benzene rings is 1. The first-order valence-corrected chi connectivity index (χ1v) is 8.03. The number of anilines is 1. The van der Waals surface area contributed by atoms with Crippen LogP contribution in [0.15, 0.2) is 40.7 Å². The molecule has 0 unspecified atom stereocenters. The van der Waals surface area contributed by atoms with Crippen molar-refractivity contribution in [2.75, 3.05) is 38.7 Å². The Kier molecular flexibility index (Phi) is 5.00. The van der Waals surface area contributed by atoms with Gasteiger partial charge in [0.2, 0.25) is 0 Å². The van der Waals surface area contributed by atoms with Crippen LogP contribution in [-0.2, 0) is 9.53 Å². The lowest BCUT2D eigenvalue weighted by molar-refractivity contribution is -0.144. The van der Waals surface area contributed by atoms with Crippen LogP contribution in [0.5, 0.6) is 5.75 Å². The average Bonchev–Trinajstić information content (AvgIpc) is 2.62. The van der Waals surface area contributed by atoms with E-state index in [1.165, 1.54) is 0 Å². The number of rotatable bonds is 5. The van der Waals surface area contributed by atoms with E-state index >= 15 is 0 Å². The van der Waals surface area contributed by atoms with Gasteiger partial charge in [-0.3, -0.25) is 4.99 Å². The third-order valence-corrected chi connectivity index (χ3v) is 3.91. The first kappa shape index (κ1) is 16.3. The van der Waals surface area contributed by atoms with Crippen LogP contribution >= 0.6 is 0 Å². The lowest BCUT2D eigenvalue weighted by Gasteiger charge is -2.30. The zero-order valence-corrected chi connectivity index (χ0v) is 13.9. The highest BCUT2D eigenvalue weighted by molar-refractivity contribution is 6.05. The van der Waals surface area contributed by atoms with Crippen molar-refractivity contribution < 1.29 is 14.3 Å². The van der Waals surface area contributed by atoms with E-state index in [4.69, 9.17) is 9.47 Å². The highest BCUT2D eigenvalue weighted by Crippen LogP contribution is 2.20. The summed E-state index contributed by atoms with van der Waals surface area (Å²) >= 11 is 0. The molecule has 1 atom stereocenters. The van der Waals surface area contributed by atoms with Gasteiger partial charge in [0, 0.05) is 25.3 Å². The third-order valence-electron chi connectivity index (χ3n) is 3.91. The molecule has 3 N–H and O–H groups in total. The van der Waals surface area contributed by atoms with E-state index in [-0.39, 0.29) is 5.97 Å². The molecule has 24 heavy (non-hydrogen) atoms. The number of carbonyl (C=O) groups excluding carboxylic acids is 1. The minimum atomic E-state index is -0.481. The minimum absolute atomic E-state index is 0.285. The van der Waals surface area contributed by atoms with Gasteiger partial charge < -0.3 is 25.4 Å². The maximum absolute atomic E-state index is 11.9. The Morgan fingerprint density at radius 3 is 2.83 bits per heavy atom. The van der Waals surface area contributed by atoms with Crippen molar-refractivity contribution in [1.29, 1.82) is 0 Å². The smallest absolute Gasteiger partial charge is 0.332 e. The molecule has 1 aromatic rings. The van der Waals surface area contributed by atoms with Crippen LogP contribution in [0.3, 0.4) is 0 Å². The average molecular weight is 330 g/mol. The van der Waals surface area contributed by atoms with Gasteiger partial charge in [-0.05, 0) is 31.2 Å². The molecule has 0 aliphatic carbocycles. The van der Waals surface area contributed by atoms with E-state index in [0.717, 1.165) is 28.5 Å². The van der Waals surface area contributed by atoms with Crippen molar-refractivity contribution in [3.05, 3.63) is 35.7 Å². The van der Waals surface area contributed by atoms with Gasteiger partial charge >= 0.3 is 5.97 Å². The molecule has 0 radical (unpaired) electrons. The summed E-state index contributed by atoms with van der Waals surface area (Å²) in [6.07, 6.45) is 0. The quantitative estimate of drug-likeness (QED) is 0.696. The topological polar surface area (TPSA) is 84.0 Å². The number of aliphatic imine (C=N–C) groups is 1. The Labute approximate surface area is 141 Å². The lowest BCUT2D eigenvalue weighted by Crippen LogP contribution is -2.47. The molecule has 3 rings (SSSR count). The van der Waals surface area contributed by atoms with Crippen molar-refractivity contribution >= 4 is 17.4 Å². The zero-order valence-electron chi connectivity index (χ0n) is 13.9. The Hall–Kier alpha value is -2.54. The van der Waals surface area contributed by atoms with Crippen molar-refractivity contribution in [2.45, 2.75) is 13.0 Å². The molecule has 0 bridgehead atoms. The molecule has 0 fully saturated rings. The third kappa shape index (κ3) is 3.51. The van der Waals surface area contributed by atoms with E-state index < -0.39 is 6.04 Å². The largest absolute Gasteiger partial charge is 0.497 e. The number of carbonyl (C=O) groups is 1. The summed E-state index contributed by atoms with van der Waals surface area (Å²) in [4.78, 5) is 16.4. The summed E-state index contributed by atoms with van der Waals surface area (Å²) in [5.74, 6) is 0.530. The Morgan fingerprint density at radius 2 is 2.12 bits per heavy atom. The van der Waals surface area contributed by atoms with Crippen LogP contribution in [0, 0.1) is 0 Å². The minimum Gasteiger partial charge on any atom is -0.497 e. The van der Waals surface area contributed by atoms with Crippen LogP contribution in [0.25, 0.3) is 0 Å². The highest BCUT2D eigenvalue weighted by Gasteiger charge is 2.29. The molecule has 2 aliphatic rings. The molecule has 0 amide bonds. The molecule has 0 spiro atoms. The maximum Gasteiger partial charge on any atom is 0.332 e. The molecular weight excluding hydrogens is 308 g/mol. The fourth-order valence-electron chi connectivity index (χ4n) is 2.74. The molecule has 7 heteroatoms. The zero-order chi connectivity index (χ0) is 16.9. The number of fused-ring (bicyclic) bond motifs is 1. The summed E-state index contributed by atoms with van der Waals surface area (Å²) in [6.45, 7) is 3.95. The number of methoxy groups -OCH3 is 1. The predicted molar refractivity (Wildman–Crippen MR) is 92.4 cm³/mol. The summed E-state index contributed by atoms with van der Waals surface area (Å²) in [7, 11) is 1.65. The lowest BCUT2D eigenvalue weighted by atomic mass is 10.1. The van der Waals surface area contributed by atoms with Crippen LogP contribution in [0.1, 0.15) is 6.92 Å². The van der Waals surface area contributed by atoms with E-state index in [2.05, 4.69) is 20.9 Å². The summed E-state index contributed by atoms with van der Waals surface area (Å²) < 4.78 is 10.2. The standard InChI is InChI=1S/C17H22N4O3/c1-3-24-17(22)15-10-19-16-13(8-18-9-14(16)21-15)20-11-4-6-12(23-2)7-5-11/h4-7,15,18-20H,3,8-10H2,1-2H3/t15-/m0/s1. The second-order valence-corrected chi connectivity index (χ2v) is 5.54. The number of nitrogens with zero attached hydrogens (tertiary/aromatic N) is 1. The van der Waals surface area contributed by atoms with Crippen LogP contribution in [0.2, 0.25) is 0 Å². The van der Waals surface area contributed by atoms with Gasteiger partial charge in [0.05, 0.1) is 30.8 Å². The molecular formula is C17H22N4O3. The first-order valence-electron chi connectivity index (χ1n) is 8.03. The number of hydrogen-bond acceptors (Lipinski definition) is 7. The van der Waals surface area contributed by atoms with Gasteiger partial charge in [0.25, 0.3) is 0 Å². The Bertz CT molecular complexity index is 667. The van der Waals surface area contributed by atoms with Gasteiger partial charge in [-0.2, -0.15) is 0 Å². The van der Waals surface area contributed by atoms with Gasteiger partial charge in [0.15, 0.2) is 6.04 Å². The molecule has 7 nitrogen and oxygen atoms in total. The van der Waals surface area contributed by atoms with E-state index in [1.54, 1.807) is 14.0 Å². The molecule has 0 saturated heterocycles. The van der Waals surface area contributed by atoms with Gasteiger partial charge in [0.1, 0.15) is 5.75 Å². The summed E-state index contributed by atoms with van der Waals surface area (Å²) in [5.41, 5.74) is 3.79. The van der Waals surface area contributed by atoms with Crippen molar-refractivity contribution in [3.8, 4) is 5.75 Å². The predicted octanol–water partition coefficient (Wildman–Crippen LogP) is 0.898. The highest BCUT2D eigenvalue weighted by atomic mass is 16.5.